The molecule has 0 saturated carbocycles. The van der Waals surface area contributed by atoms with E-state index < -0.39 is 0 Å². The summed E-state index contributed by atoms with van der Waals surface area (Å²) < 4.78 is 11.7. The first kappa shape index (κ1) is 25.5. The number of hydrogen-bond acceptors (Lipinski definition) is 5. The van der Waals surface area contributed by atoms with Gasteiger partial charge in [0, 0.05) is 50.1 Å². The molecule has 0 aliphatic carbocycles. The van der Waals surface area contributed by atoms with Crippen molar-refractivity contribution in [2.75, 3.05) is 51.4 Å². The number of guanidine groups is 1. The van der Waals surface area contributed by atoms with Crippen LogP contribution in [0.5, 0.6) is 5.75 Å². The molecular formula is C22H37IN4O2S. The lowest BCUT2D eigenvalue weighted by Gasteiger charge is -2.43. The van der Waals surface area contributed by atoms with E-state index in [1.807, 2.05) is 25.2 Å². The zero-order valence-electron chi connectivity index (χ0n) is 18.7. The van der Waals surface area contributed by atoms with E-state index in [9.17, 15) is 0 Å². The zero-order valence-corrected chi connectivity index (χ0v) is 21.8. The lowest BCUT2D eigenvalue weighted by Crippen LogP contribution is -2.60. The Kier molecular flexibility index (Phi) is 10.0. The van der Waals surface area contributed by atoms with Gasteiger partial charge in [0.2, 0.25) is 0 Å². The molecule has 2 aliphatic rings. The van der Waals surface area contributed by atoms with Crippen molar-refractivity contribution in [2.45, 2.75) is 44.9 Å². The molecule has 0 radical (unpaired) electrons. The van der Waals surface area contributed by atoms with Gasteiger partial charge in [0.25, 0.3) is 0 Å². The second-order valence-electron chi connectivity index (χ2n) is 8.73. The van der Waals surface area contributed by atoms with Gasteiger partial charge in [-0.1, -0.05) is 18.2 Å². The molecule has 0 amide bonds. The highest BCUT2D eigenvalue weighted by Crippen LogP contribution is 2.33. The topological polar surface area (TPSA) is 58.1 Å². The SMILES string of the molecule is CN=C(NCc1ccccc1OC(C)(C)C)NCC1(N2CCOCC2)CCSC1.I. The van der Waals surface area contributed by atoms with E-state index in [4.69, 9.17) is 9.47 Å². The number of rotatable bonds is 6. The number of ether oxygens (including phenoxy) is 2. The summed E-state index contributed by atoms with van der Waals surface area (Å²) in [6.07, 6.45) is 1.21. The van der Waals surface area contributed by atoms with Crippen molar-refractivity contribution in [3.63, 3.8) is 0 Å². The standard InChI is InChI=1S/C22H36N4O2S.HI/c1-21(2,3)28-19-8-6-5-7-18(19)15-24-20(23-4)25-16-22(9-14-29-17-22)26-10-12-27-13-11-26;/h5-8H,9-17H2,1-4H3,(H2,23,24,25);1H. The van der Waals surface area contributed by atoms with Gasteiger partial charge in [-0.05, 0) is 39.0 Å². The van der Waals surface area contributed by atoms with Gasteiger partial charge in [-0.2, -0.15) is 11.8 Å². The summed E-state index contributed by atoms with van der Waals surface area (Å²) in [7, 11) is 1.83. The molecule has 2 saturated heterocycles. The maximum atomic E-state index is 6.11. The summed E-state index contributed by atoms with van der Waals surface area (Å²) in [4.78, 5) is 7.06. The van der Waals surface area contributed by atoms with Gasteiger partial charge >= 0.3 is 0 Å². The van der Waals surface area contributed by atoms with Crippen LogP contribution in [-0.4, -0.2) is 73.4 Å². The van der Waals surface area contributed by atoms with Crippen LogP contribution in [0.4, 0.5) is 0 Å². The number of benzene rings is 1. The Morgan fingerprint density at radius 3 is 2.60 bits per heavy atom. The van der Waals surface area contributed by atoms with Crippen LogP contribution in [0.15, 0.2) is 29.3 Å². The predicted octanol–water partition coefficient (Wildman–Crippen LogP) is 3.35. The second kappa shape index (κ2) is 11.8. The average molecular weight is 549 g/mol. The molecule has 30 heavy (non-hydrogen) atoms. The zero-order chi connectivity index (χ0) is 20.7. The van der Waals surface area contributed by atoms with Gasteiger partial charge in [0.15, 0.2) is 5.96 Å². The molecule has 2 fully saturated rings. The third kappa shape index (κ3) is 7.17. The van der Waals surface area contributed by atoms with Crippen molar-refractivity contribution in [1.29, 1.82) is 0 Å². The fourth-order valence-electron chi connectivity index (χ4n) is 3.86. The summed E-state index contributed by atoms with van der Waals surface area (Å²) in [5.41, 5.74) is 1.10. The highest BCUT2D eigenvalue weighted by atomic mass is 127. The van der Waals surface area contributed by atoms with Gasteiger partial charge in [0.1, 0.15) is 11.4 Å². The summed E-state index contributed by atoms with van der Waals surface area (Å²) in [6, 6.07) is 8.19. The van der Waals surface area contributed by atoms with Crippen LogP contribution in [0.25, 0.3) is 0 Å². The minimum atomic E-state index is -0.222. The molecule has 1 atom stereocenters. The summed E-state index contributed by atoms with van der Waals surface area (Å²) in [5, 5.41) is 7.05. The molecule has 8 heteroatoms. The maximum Gasteiger partial charge on any atom is 0.191 e. The summed E-state index contributed by atoms with van der Waals surface area (Å²) in [6.45, 7) is 11.5. The second-order valence-corrected chi connectivity index (χ2v) is 9.83. The van der Waals surface area contributed by atoms with Crippen molar-refractivity contribution in [3.05, 3.63) is 29.8 Å². The molecule has 1 unspecified atom stereocenters. The smallest absolute Gasteiger partial charge is 0.191 e. The minimum Gasteiger partial charge on any atom is -0.488 e. The predicted molar refractivity (Wildman–Crippen MR) is 138 cm³/mol. The van der Waals surface area contributed by atoms with Crippen molar-refractivity contribution in [1.82, 2.24) is 15.5 Å². The minimum absolute atomic E-state index is 0. The van der Waals surface area contributed by atoms with E-state index in [0.29, 0.717) is 6.54 Å². The molecule has 1 aromatic rings. The Morgan fingerprint density at radius 2 is 1.97 bits per heavy atom. The van der Waals surface area contributed by atoms with Gasteiger partial charge in [-0.3, -0.25) is 9.89 Å². The number of morpholine rings is 1. The molecule has 0 aromatic heterocycles. The Hall–Kier alpha value is -0.710. The number of nitrogens with one attached hydrogen (secondary N) is 2. The Balaban J connectivity index is 0.00000320. The van der Waals surface area contributed by atoms with Gasteiger partial charge < -0.3 is 20.1 Å². The largest absolute Gasteiger partial charge is 0.488 e. The fraction of sp³-hybridized carbons (Fsp3) is 0.682. The fourth-order valence-corrected chi connectivity index (χ4v) is 5.34. The Morgan fingerprint density at radius 1 is 1.23 bits per heavy atom. The van der Waals surface area contributed by atoms with Crippen molar-refractivity contribution in [3.8, 4) is 5.75 Å². The average Bonchev–Trinajstić information content (AvgIpc) is 3.19. The van der Waals surface area contributed by atoms with E-state index in [1.165, 1.54) is 17.9 Å². The third-order valence-corrected chi connectivity index (χ3v) is 6.64. The molecule has 170 valence electrons. The summed E-state index contributed by atoms with van der Waals surface area (Å²) >= 11 is 2.05. The third-order valence-electron chi connectivity index (χ3n) is 5.41. The number of halogens is 1. The molecule has 2 N–H and O–H groups in total. The lowest BCUT2D eigenvalue weighted by molar-refractivity contribution is -0.0120. The van der Waals surface area contributed by atoms with Crippen molar-refractivity contribution in [2.24, 2.45) is 4.99 Å². The van der Waals surface area contributed by atoms with Crippen LogP contribution in [0.1, 0.15) is 32.8 Å². The number of aliphatic imine (C=N–C) groups is 1. The van der Waals surface area contributed by atoms with E-state index in [0.717, 1.165) is 50.1 Å². The molecule has 3 rings (SSSR count). The molecule has 1 aromatic carbocycles. The van der Waals surface area contributed by atoms with E-state index in [-0.39, 0.29) is 35.1 Å². The number of thioether (sulfide) groups is 1. The summed E-state index contributed by atoms with van der Waals surface area (Å²) in [5.74, 6) is 4.14. The molecular weight excluding hydrogens is 511 g/mol. The quantitative estimate of drug-likeness (QED) is 0.323. The van der Waals surface area contributed by atoms with Crippen LogP contribution >= 0.6 is 35.7 Å². The Labute approximate surface area is 203 Å². The van der Waals surface area contributed by atoms with Crippen molar-refractivity contribution < 1.29 is 9.47 Å². The van der Waals surface area contributed by atoms with E-state index in [1.54, 1.807) is 0 Å². The van der Waals surface area contributed by atoms with Crippen LogP contribution in [0.3, 0.4) is 0 Å². The highest BCUT2D eigenvalue weighted by molar-refractivity contribution is 14.0. The number of nitrogens with zero attached hydrogens (tertiary/aromatic N) is 2. The first-order valence-electron chi connectivity index (χ1n) is 10.5. The van der Waals surface area contributed by atoms with Crippen LogP contribution < -0.4 is 15.4 Å². The number of hydrogen-bond donors (Lipinski definition) is 2. The van der Waals surface area contributed by atoms with Crippen LogP contribution in [-0.2, 0) is 11.3 Å². The first-order valence-corrected chi connectivity index (χ1v) is 11.7. The van der Waals surface area contributed by atoms with Crippen LogP contribution in [0, 0.1) is 0 Å². The highest BCUT2D eigenvalue weighted by Gasteiger charge is 2.40. The monoisotopic (exact) mass is 548 g/mol. The molecule has 2 heterocycles. The lowest BCUT2D eigenvalue weighted by atomic mass is 9.95. The van der Waals surface area contributed by atoms with Crippen molar-refractivity contribution >= 4 is 41.7 Å². The van der Waals surface area contributed by atoms with E-state index in [2.05, 4.69) is 59.1 Å². The van der Waals surface area contributed by atoms with Gasteiger partial charge in [-0.15, -0.1) is 24.0 Å². The van der Waals surface area contributed by atoms with Gasteiger partial charge in [0.05, 0.1) is 13.2 Å². The molecule has 6 nitrogen and oxygen atoms in total. The van der Waals surface area contributed by atoms with Crippen LogP contribution in [0.2, 0.25) is 0 Å². The number of para-hydroxylation sites is 1. The Bertz CT molecular complexity index is 684. The van der Waals surface area contributed by atoms with E-state index >= 15 is 0 Å². The van der Waals surface area contributed by atoms with Gasteiger partial charge in [-0.25, -0.2) is 0 Å². The molecule has 0 bridgehead atoms. The molecule has 0 spiro atoms. The maximum absolute atomic E-state index is 6.11. The first-order chi connectivity index (χ1) is 13.9. The normalized spacial score (nSPS) is 23.0. The molecule has 2 aliphatic heterocycles.